The van der Waals surface area contributed by atoms with Crippen molar-refractivity contribution in [3.63, 3.8) is 0 Å². The number of benzene rings is 2. The van der Waals surface area contributed by atoms with Gasteiger partial charge in [0, 0.05) is 11.6 Å². The molecule has 0 unspecified atom stereocenters. The predicted molar refractivity (Wildman–Crippen MR) is 94.0 cm³/mol. The molecule has 4 heteroatoms. The van der Waals surface area contributed by atoms with Gasteiger partial charge < -0.3 is 0 Å². The predicted octanol–water partition coefficient (Wildman–Crippen LogP) is 5.03. The highest BCUT2D eigenvalue weighted by atomic mass is 16.6. The molecule has 0 aliphatic heterocycles. The van der Waals surface area contributed by atoms with Crippen LogP contribution >= 0.6 is 0 Å². The van der Waals surface area contributed by atoms with E-state index in [1.165, 1.54) is 31.7 Å². The van der Waals surface area contributed by atoms with E-state index in [4.69, 9.17) is 0 Å². The number of allylic oxidation sites excluding steroid dienone is 1. The fraction of sp³-hybridized carbons (Fsp3) is 0.250. The molecule has 3 rings (SSSR count). The Hall–Kier alpha value is -2.75. The van der Waals surface area contributed by atoms with E-state index in [9.17, 15) is 14.9 Å². The van der Waals surface area contributed by atoms with Gasteiger partial charge >= 0.3 is 0 Å². The zero-order valence-corrected chi connectivity index (χ0v) is 13.4. The van der Waals surface area contributed by atoms with Gasteiger partial charge in [-0.15, -0.1) is 0 Å². The molecule has 0 radical (unpaired) electrons. The third-order valence-electron chi connectivity index (χ3n) is 4.46. The van der Waals surface area contributed by atoms with Crippen molar-refractivity contribution in [2.45, 2.75) is 25.7 Å². The van der Waals surface area contributed by atoms with Crippen LogP contribution in [0.5, 0.6) is 0 Å². The molecule has 1 fully saturated rings. The summed E-state index contributed by atoms with van der Waals surface area (Å²) in [6.45, 7) is 0. The third kappa shape index (κ3) is 3.59. The van der Waals surface area contributed by atoms with Crippen molar-refractivity contribution in [2.24, 2.45) is 5.92 Å². The lowest BCUT2D eigenvalue weighted by atomic mass is 9.98. The normalized spacial score (nSPS) is 15.0. The van der Waals surface area contributed by atoms with E-state index in [1.807, 2.05) is 12.1 Å². The summed E-state index contributed by atoms with van der Waals surface area (Å²) >= 11 is 0. The van der Waals surface area contributed by atoms with Gasteiger partial charge in [-0.3, -0.25) is 14.9 Å². The van der Waals surface area contributed by atoms with Crippen molar-refractivity contribution >= 4 is 17.5 Å². The Kier molecular flexibility index (Phi) is 4.85. The van der Waals surface area contributed by atoms with Crippen LogP contribution in [0.1, 0.15) is 47.2 Å². The highest BCUT2D eigenvalue weighted by molar-refractivity contribution is 6.11. The molecule has 1 saturated carbocycles. The minimum absolute atomic E-state index is 0.139. The Balaban J connectivity index is 1.94. The summed E-state index contributed by atoms with van der Waals surface area (Å²) in [7, 11) is 0. The standard InChI is InChI=1S/C20H19NO3/c22-20(17-8-2-1-3-9-17)18-14-16(12-13-19(18)21(23)24)11-10-15-6-4-5-7-15/h1-3,8-15H,4-7H2. The molecule has 1 aliphatic rings. The van der Waals surface area contributed by atoms with E-state index in [1.54, 1.807) is 36.4 Å². The summed E-state index contributed by atoms with van der Waals surface area (Å²) in [5.74, 6) is 0.256. The van der Waals surface area contributed by atoms with Gasteiger partial charge in [0.15, 0.2) is 5.78 Å². The van der Waals surface area contributed by atoms with Crippen LogP contribution in [0.3, 0.4) is 0 Å². The van der Waals surface area contributed by atoms with Crippen LogP contribution in [-0.2, 0) is 0 Å². The molecule has 0 aromatic heterocycles. The maximum Gasteiger partial charge on any atom is 0.280 e. The molecule has 2 aromatic rings. The fourth-order valence-electron chi connectivity index (χ4n) is 3.14. The number of nitrogens with zero attached hydrogens (tertiary/aromatic N) is 1. The smallest absolute Gasteiger partial charge is 0.280 e. The Morgan fingerprint density at radius 2 is 1.79 bits per heavy atom. The van der Waals surface area contributed by atoms with Crippen molar-refractivity contribution in [1.82, 2.24) is 0 Å². The highest BCUT2D eigenvalue weighted by Crippen LogP contribution is 2.28. The number of rotatable bonds is 5. The first kappa shape index (κ1) is 16.1. The molecule has 0 spiro atoms. The topological polar surface area (TPSA) is 60.2 Å². The molecule has 0 bridgehead atoms. The van der Waals surface area contributed by atoms with Crippen LogP contribution in [0.15, 0.2) is 54.6 Å². The van der Waals surface area contributed by atoms with Gasteiger partial charge in [0.1, 0.15) is 5.56 Å². The molecule has 122 valence electrons. The summed E-state index contributed by atoms with van der Waals surface area (Å²) in [6.07, 6.45) is 9.03. The zero-order valence-electron chi connectivity index (χ0n) is 13.4. The maximum absolute atomic E-state index is 12.7. The lowest BCUT2D eigenvalue weighted by Gasteiger charge is -2.05. The average molecular weight is 321 g/mol. The van der Waals surface area contributed by atoms with Crippen molar-refractivity contribution in [1.29, 1.82) is 0 Å². The van der Waals surface area contributed by atoms with Crippen LogP contribution in [0.2, 0.25) is 0 Å². The van der Waals surface area contributed by atoms with E-state index < -0.39 is 4.92 Å². The van der Waals surface area contributed by atoms with Crippen molar-refractivity contribution in [3.05, 3.63) is 81.4 Å². The Morgan fingerprint density at radius 1 is 1.08 bits per heavy atom. The molecule has 2 aromatic carbocycles. The lowest BCUT2D eigenvalue weighted by molar-refractivity contribution is -0.385. The summed E-state index contributed by atoms with van der Waals surface area (Å²) in [5.41, 5.74) is 1.27. The van der Waals surface area contributed by atoms with Gasteiger partial charge in [0.05, 0.1) is 4.92 Å². The molecule has 0 heterocycles. The van der Waals surface area contributed by atoms with Gasteiger partial charge in [-0.25, -0.2) is 0 Å². The number of carbonyl (C=O) groups excluding carboxylic acids is 1. The number of carbonyl (C=O) groups is 1. The summed E-state index contributed by atoms with van der Waals surface area (Å²) in [6, 6.07) is 13.4. The van der Waals surface area contributed by atoms with Gasteiger partial charge in [-0.1, -0.05) is 55.3 Å². The first-order valence-corrected chi connectivity index (χ1v) is 8.21. The van der Waals surface area contributed by atoms with Crippen LogP contribution in [0, 0.1) is 16.0 Å². The van der Waals surface area contributed by atoms with Crippen LogP contribution in [0.25, 0.3) is 6.08 Å². The largest absolute Gasteiger partial charge is 0.288 e. The second-order valence-corrected chi connectivity index (χ2v) is 6.13. The summed E-state index contributed by atoms with van der Waals surface area (Å²) in [5, 5.41) is 11.3. The highest BCUT2D eigenvalue weighted by Gasteiger charge is 2.21. The van der Waals surface area contributed by atoms with Gasteiger partial charge in [-0.2, -0.15) is 0 Å². The fourth-order valence-corrected chi connectivity index (χ4v) is 3.14. The maximum atomic E-state index is 12.7. The molecular weight excluding hydrogens is 302 g/mol. The van der Waals surface area contributed by atoms with Crippen molar-refractivity contribution in [3.8, 4) is 0 Å². The number of nitro groups is 1. The summed E-state index contributed by atoms with van der Waals surface area (Å²) < 4.78 is 0. The van der Waals surface area contributed by atoms with Crippen molar-refractivity contribution < 1.29 is 9.72 Å². The second-order valence-electron chi connectivity index (χ2n) is 6.13. The number of nitro benzene ring substituents is 1. The van der Waals surface area contributed by atoms with Crippen LogP contribution < -0.4 is 0 Å². The molecule has 24 heavy (non-hydrogen) atoms. The van der Waals surface area contributed by atoms with Gasteiger partial charge in [-0.05, 0) is 36.5 Å². The minimum atomic E-state index is -0.499. The first-order chi connectivity index (χ1) is 11.6. The monoisotopic (exact) mass is 321 g/mol. The second kappa shape index (κ2) is 7.21. The Morgan fingerprint density at radius 3 is 2.46 bits per heavy atom. The molecule has 0 saturated heterocycles. The zero-order chi connectivity index (χ0) is 16.9. The minimum Gasteiger partial charge on any atom is -0.288 e. The van der Waals surface area contributed by atoms with Gasteiger partial charge in [0.2, 0.25) is 0 Å². The first-order valence-electron chi connectivity index (χ1n) is 8.21. The van der Waals surface area contributed by atoms with E-state index in [0.717, 1.165) is 5.56 Å². The van der Waals surface area contributed by atoms with Gasteiger partial charge in [0.25, 0.3) is 5.69 Å². The third-order valence-corrected chi connectivity index (χ3v) is 4.46. The SMILES string of the molecule is O=C(c1ccccc1)c1cc(C=CC2CCCC2)ccc1[N+](=O)[O-]. The number of ketones is 1. The molecule has 1 aliphatic carbocycles. The molecule has 0 atom stereocenters. The lowest BCUT2D eigenvalue weighted by Crippen LogP contribution is -2.05. The van der Waals surface area contributed by atoms with Crippen LogP contribution in [0.4, 0.5) is 5.69 Å². The quantitative estimate of drug-likeness (QED) is 0.441. The Labute approximate surface area is 141 Å². The Bertz CT molecular complexity index is 775. The molecule has 0 amide bonds. The molecule has 0 N–H and O–H groups in total. The number of hydrogen-bond acceptors (Lipinski definition) is 3. The van der Waals surface area contributed by atoms with E-state index in [-0.39, 0.29) is 17.0 Å². The van der Waals surface area contributed by atoms with E-state index >= 15 is 0 Å². The number of hydrogen-bond donors (Lipinski definition) is 0. The van der Waals surface area contributed by atoms with E-state index in [2.05, 4.69) is 6.08 Å². The molecule has 4 nitrogen and oxygen atoms in total. The summed E-state index contributed by atoms with van der Waals surface area (Å²) in [4.78, 5) is 23.4. The van der Waals surface area contributed by atoms with Crippen LogP contribution in [-0.4, -0.2) is 10.7 Å². The average Bonchev–Trinajstić information content (AvgIpc) is 3.13. The van der Waals surface area contributed by atoms with Crippen molar-refractivity contribution in [2.75, 3.05) is 0 Å². The van der Waals surface area contributed by atoms with E-state index in [0.29, 0.717) is 11.5 Å². The molecular formula is C20H19NO3.